The fourth-order valence-electron chi connectivity index (χ4n) is 1.83. The Kier molecular flexibility index (Phi) is 4.01. The first-order valence-electron chi connectivity index (χ1n) is 5.82. The van der Waals surface area contributed by atoms with Gasteiger partial charge in [-0.25, -0.2) is 0 Å². The molecule has 0 unspecified atom stereocenters. The van der Waals surface area contributed by atoms with Gasteiger partial charge in [-0.05, 0) is 30.5 Å². The lowest BCUT2D eigenvalue weighted by atomic mass is 10.1. The third-order valence-electron chi connectivity index (χ3n) is 2.88. The highest BCUT2D eigenvalue weighted by atomic mass is 79.9. The summed E-state index contributed by atoms with van der Waals surface area (Å²) in [6.45, 7) is -0.194. The normalized spacial score (nSPS) is 14.3. The number of benzene rings is 1. The standard InChI is InChI=1S/C13H14BrNO3/c14-10-3-1-9(2-4-10)7-12(16)15(8-13(17)18)11-5-6-11/h1-4,11H,5-8H2,(H,17,18). The Balaban J connectivity index is 2.00. The smallest absolute Gasteiger partial charge is 0.323 e. The predicted molar refractivity (Wildman–Crippen MR) is 70.2 cm³/mol. The van der Waals surface area contributed by atoms with Gasteiger partial charge in [0.15, 0.2) is 0 Å². The van der Waals surface area contributed by atoms with E-state index in [1.807, 2.05) is 24.3 Å². The van der Waals surface area contributed by atoms with Gasteiger partial charge in [-0.15, -0.1) is 0 Å². The molecule has 0 heterocycles. The first-order valence-corrected chi connectivity index (χ1v) is 6.61. The summed E-state index contributed by atoms with van der Waals surface area (Å²) >= 11 is 3.33. The lowest BCUT2D eigenvalue weighted by molar-refractivity contribution is -0.144. The number of amides is 1. The zero-order valence-electron chi connectivity index (χ0n) is 9.80. The summed E-state index contributed by atoms with van der Waals surface area (Å²) in [7, 11) is 0. The number of nitrogens with zero attached hydrogens (tertiary/aromatic N) is 1. The molecule has 0 saturated heterocycles. The number of hydrogen-bond acceptors (Lipinski definition) is 2. The van der Waals surface area contributed by atoms with E-state index in [2.05, 4.69) is 15.9 Å². The Morgan fingerprint density at radius 3 is 2.39 bits per heavy atom. The Bertz CT molecular complexity index is 454. The Hall–Kier alpha value is -1.36. The molecule has 1 amide bonds. The van der Waals surface area contributed by atoms with E-state index in [0.717, 1.165) is 22.9 Å². The molecule has 0 spiro atoms. The maximum Gasteiger partial charge on any atom is 0.323 e. The fourth-order valence-corrected chi connectivity index (χ4v) is 2.10. The van der Waals surface area contributed by atoms with Gasteiger partial charge in [-0.3, -0.25) is 9.59 Å². The molecular formula is C13H14BrNO3. The summed E-state index contributed by atoms with van der Waals surface area (Å²) in [5, 5.41) is 8.81. The summed E-state index contributed by atoms with van der Waals surface area (Å²) in [6.07, 6.45) is 2.09. The quantitative estimate of drug-likeness (QED) is 0.905. The first kappa shape index (κ1) is 13.1. The second-order valence-corrected chi connectivity index (χ2v) is 5.37. The molecule has 1 N–H and O–H groups in total. The van der Waals surface area contributed by atoms with Gasteiger partial charge in [0.05, 0.1) is 6.42 Å². The number of carboxylic acid groups (broad SMARTS) is 1. The highest BCUT2D eigenvalue weighted by Crippen LogP contribution is 2.27. The number of rotatable bonds is 5. The molecule has 1 aromatic carbocycles. The Labute approximate surface area is 114 Å². The maximum absolute atomic E-state index is 12.1. The van der Waals surface area contributed by atoms with Gasteiger partial charge in [-0.1, -0.05) is 28.1 Å². The molecule has 1 aliphatic carbocycles. The second kappa shape index (κ2) is 5.52. The molecule has 0 atom stereocenters. The molecule has 1 saturated carbocycles. The summed E-state index contributed by atoms with van der Waals surface area (Å²) in [4.78, 5) is 24.3. The Morgan fingerprint density at radius 2 is 1.89 bits per heavy atom. The number of carbonyl (C=O) groups is 2. The van der Waals surface area contributed by atoms with E-state index in [1.165, 1.54) is 4.90 Å². The van der Waals surface area contributed by atoms with Crippen LogP contribution in [0.5, 0.6) is 0 Å². The van der Waals surface area contributed by atoms with Crippen LogP contribution in [0.4, 0.5) is 0 Å². The lowest BCUT2D eigenvalue weighted by Gasteiger charge is -2.20. The molecule has 0 radical (unpaired) electrons. The molecule has 18 heavy (non-hydrogen) atoms. The van der Waals surface area contributed by atoms with Crippen molar-refractivity contribution in [2.45, 2.75) is 25.3 Å². The number of carbonyl (C=O) groups excluding carboxylic acids is 1. The zero-order valence-corrected chi connectivity index (χ0v) is 11.4. The van der Waals surface area contributed by atoms with Crippen LogP contribution in [0, 0.1) is 0 Å². The van der Waals surface area contributed by atoms with E-state index >= 15 is 0 Å². The van der Waals surface area contributed by atoms with E-state index in [9.17, 15) is 9.59 Å². The van der Waals surface area contributed by atoms with Crippen molar-refractivity contribution in [3.63, 3.8) is 0 Å². The highest BCUT2D eigenvalue weighted by molar-refractivity contribution is 9.10. The van der Waals surface area contributed by atoms with Crippen LogP contribution in [0.1, 0.15) is 18.4 Å². The van der Waals surface area contributed by atoms with Crippen molar-refractivity contribution in [1.29, 1.82) is 0 Å². The largest absolute Gasteiger partial charge is 0.480 e. The molecule has 5 heteroatoms. The molecule has 1 fully saturated rings. The van der Waals surface area contributed by atoms with Gasteiger partial charge < -0.3 is 10.0 Å². The van der Waals surface area contributed by atoms with E-state index < -0.39 is 5.97 Å². The van der Waals surface area contributed by atoms with Gasteiger partial charge >= 0.3 is 5.97 Å². The zero-order chi connectivity index (χ0) is 13.1. The molecule has 0 aromatic heterocycles. The van der Waals surface area contributed by atoms with Crippen molar-refractivity contribution in [2.75, 3.05) is 6.54 Å². The average Bonchev–Trinajstić information content (AvgIpc) is 3.12. The monoisotopic (exact) mass is 311 g/mol. The summed E-state index contributed by atoms with van der Waals surface area (Å²) < 4.78 is 0.961. The molecule has 2 rings (SSSR count). The average molecular weight is 312 g/mol. The SMILES string of the molecule is O=C(O)CN(C(=O)Cc1ccc(Br)cc1)C1CC1. The minimum absolute atomic E-state index is 0.109. The number of halogens is 1. The van der Waals surface area contributed by atoms with Crippen LogP contribution < -0.4 is 0 Å². The molecule has 4 nitrogen and oxygen atoms in total. The van der Waals surface area contributed by atoms with Gasteiger partial charge in [0.25, 0.3) is 0 Å². The molecular weight excluding hydrogens is 298 g/mol. The van der Waals surface area contributed by atoms with E-state index in [4.69, 9.17) is 5.11 Å². The third-order valence-corrected chi connectivity index (χ3v) is 3.41. The molecule has 1 aliphatic rings. The van der Waals surface area contributed by atoms with Crippen LogP contribution in [-0.4, -0.2) is 34.5 Å². The molecule has 0 aliphatic heterocycles. The van der Waals surface area contributed by atoms with E-state index in [-0.39, 0.29) is 24.9 Å². The number of carboxylic acids is 1. The summed E-state index contributed by atoms with van der Waals surface area (Å²) in [5.74, 6) is -1.06. The predicted octanol–water partition coefficient (Wildman–Crippen LogP) is 2.07. The van der Waals surface area contributed by atoms with E-state index in [1.54, 1.807) is 0 Å². The lowest BCUT2D eigenvalue weighted by Crippen LogP contribution is -2.38. The van der Waals surface area contributed by atoms with Crippen LogP contribution in [0.3, 0.4) is 0 Å². The Morgan fingerprint density at radius 1 is 1.28 bits per heavy atom. The van der Waals surface area contributed by atoms with Crippen LogP contribution in [-0.2, 0) is 16.0 Å². The van der Waals surface area contributed by atoms with Crippen molar-refractivity contribution in [2.24, 2.45) is 0 Å². The molecule has 1 aromatic rings. The van der Waals surface area contributed by atoms with Crippen molar-refractivity contribution < 1.29 is 14.7 Å². The van der Waals surface area contributed by atoms with Gasteiger partial charge in [0, 0.05) is 10.5 Å². The van der Waals surface area contributed by atoms with Gasteiger partial charge in [-0.2, -0.15) is 0 Å². The third kappa shape index (κ3) is 3.57. The van der Waals surface area contributed by atoms with Gasteiger partial charge in [0.1, 0.15) is 6.54 Å². The number of aliphatic carboxylic acids is 1. The van der Waals surface area contributed by atoms with Crippen molar-refractivity contribution in [1.82, 2.24) is 4.90 Å². The van der Waals surface area contributed by atoms with Crippen LogP contribution >= 0.6 is 15.9 Å². The van der Waals surface area contributed by atoms with Crippen LogP contribution in [0.15, 0.2) is 28.7 Å². The summed E-state index contributed by atoms with van der Waals surface area (Å²) in [5.41, 5.74) is 0.902. The second-order valence-electron chi connectivity index (χ2n) is 4.45. The van der Waals surface area contributed by atoms with Crippen molar-refractivity contribution >= 4 is 27.8 Å². The minimum Gasteiger partial charge on any atom is -0.480 e. The van der Waals surface area contributed by atoms with Crippen LogP contribution in [0.25, 0.3) is 0 Å². The van der Waals surface area contributed by atoms with Gasteiger partial charge in [0.2, 0.25) is 5.91 Å². The fraction of sp³-hybridized carbons (Fsp3) is 0.385. The van der Waals surface area contributed by atoms with Crippen molar-refractivity contribution in [3.05, 3.63) is 34.3 Å². The molecule has 0 bridgehead atoms. The number of hydrogen-bond donors (Lipinski definition) is 1. The van der Waals surface area contributed by atoms with Crippen molar-refractivity contribution in [3.8, 4) is 0 Å². The highest BCUT2D eigenvalue weighted by Gasteiger charge is 2.33. The summed E-state index contributed by atoms with van der Waals surface area (Å²) in [6, 6.07) is 7.62. The minimum atomic E-state index is -0.953. The molecule has 96 valence electrons. The topological polar surface area (TPSA) is 57.6 Å². The maximum atomic E-state index is 12.1. The van der Waals surface area contributed by atoms with Crippen LogP contribution in [0.2, 0.25) is 0 Å². The first-order chi connectivity index (χ1) is 8.56. The van der Waals surface area contributed by atoms with E-state index in [0.29, 0.717) is 0 Å².